The highest BCUT2D eigenvalue weighted by atomic mass is 32.1. The molecule has 2 nitrogen and oxygen atoms in total. The first-order chi connectivity index (χ1) is 7.99. The van der Waals surface area contributed by atoms with E-state index >= 15 is 0 Å². The molecule has 0 amide bonds. The second-order valence-electron chi connectivity index (χ2n) is 4.20. The van der Waals surface area contributed by atoms with Crippen LogP contribution in [0.25, 0.3) is 16.2 Å². The van der Waals surface area contributed by atoms with Crippen LogP contribution in [-0.2, 0) is 4.79 Å². The summed E-state index contributed by atoms with van der Waals surface area (Å²) in [5.74, 6) is -0.908. The van der Waals surface area contributed by atoms with E-state index in [-0.39, 0.29) is 0 Å². The fraction of sp³-hybridized carbons (Fsp3) is 0.214. The zero-order valence-corrected chi connectivity index (χ0v) is 10.9. The fourth-order valence-corrected chi connectivity index (χ4v) is 2.99. The third kappa shape index (κ3) is 2.24. The van der Waals surface area contributed by atoms with Gasteiger partial charge in [0, 0.05) is 15.7 Å². The summed E-state index contributed by atoms with van der Waals surface area (Å²) in [6, 6.07) is 4.34. The van der Waals surface area contributed by atoms with Crippen molar-refractivity contribution in [2.24, 2.45) is 0 Å². The van der Waals surface area contributed by atoms with Crippen LogP contribution >= 0.6 is 11.3 Å². The van der Waals surface area contributed by atoms with E-state index in [4.69, 9.17) is 5.11 Å². The summed E-state index contributed by atoms with van der Waals surface area (Å²) in [5.41, 5.74) is 3.70. The molecule has 0 saturated heterocycles. The van der Waals surface area contributed by atoms with Crippen LogP contribution in [0.15, 0.2) is 18.2 Å². The van der Waals surface area contributed by atoms with Gasteiger partial charge in [-0.1, -0.05) is 6.07 Å². The van der Waals surface area contributed by atoms with Crippen molar-refractivity contribution >= 4 is 33.5 Å². The maximum atomic E-state index is 10.5. The van der Waals surface area contributed by atoms with Gasteiger partial charge in [-0.3, -0.25) is 0 Å². The number of fused-ring (bicyclic) bond motifs is 1. The van der Waals surface area contributed by atoms with Crippen molar-refractivity contribution in [3.8, 4) is 0 Å². The van der Waals surface area contributed by atoms with E-state index in [2.05, 4.69) is 26.0 Å². The van der Waals surface area contributed by atoms with Crippen molar-refractivity contribution < 1.29 is 9.90 Å². The predicted molar refractivity (Wildman–Crippen MR) is 72.7 cm³/mol. The molecule has 0 unspecified atom stereocenters. The Kier molecular flexibility index (Phi) is 3.03. The lowest BCUT2D eigenvalue weighted by Crippen LogP contribution is -1.85. The molecule has 1 N–H and O–H groups in total. The van der Waals surface area contributed by atoms with E-state index in [1.807, 2.05) is 6.92 Å². The van der Waals surface area contributed by atoms with Gasteiger partial charge in [-0.2, -0.15) is 0 Å². The zero-order valence-electron chi connectivity index (χ0n) is 10.1. The Morgan fingerprint density at radius 3 is 2.53 bits per heavy atom. The topological polar surface area (TPSA) is 37.3 Å². The van der Waals surface area contributed by atoms with Crippen molar-refractivity contribution in [1.29, 1.82) is 0 Å². The minimum atomic E-state index is -0.908. The second-order valence-corrected chi connectivity index (χ2v) is 5.28. The number of carboxylic acid groups (broad SMARTS) is 1. The normalized spacial score (nSPS) is 11.5. The van der Waals surface area contributed by atoms with Crippen molar-refractivity contribution in [1.82, 2.24) is 0 Å². The molecule has 0 atom stereocenters. The molecule has 0 saturated carbocycles. The summed E-state index contributed by atoms with van der Waals surface area (Å²) < 4.78 is 1.22. The van der Waals surface area contributed by atoms with Crippen LogP contribution in [0.4, 0.5) is 0 Å². The minimum Gasteiger partial charge on any atom is -0.478 e. The Balaban J connectivity index is 2.60. The summed E-state index contributed by atoms with van der Waals surface area (Å²) in [4.78, 5) is 11.5. The van der Waals surface area contributed by atoms with Crippen LogP contribution in [0.3, 0.4) is 0 Å². The van der Waals surface area contributed by atoms with Gasteiger partial charge in [-0.05, 0) is 55.0 Å². The number of aryl methyl sites for hydroxylation is 3. The third-order valence-electron chi connectivity index (χ3n) is 2.97. The second kappa shape index (κ2) is 4.34. The molecule has 88 valence electrons. The van der Waals surface area contributed by atoms with Gasteiger partial charge < -0.3 is 5.11 Å². The highest BCUT2D eigenvalue weighted by Crippen LogP contribution is 2.33. The van der Waals surface area contributed by atoms with Gasteiger partial charge in [0.15, 0.2) is 0 Å². The lowest BCUT2D eigenvalue weighted by atomic mass is 10.1. The summed E-state index contributed by atoms with van der Waals surface area (Å²) >= 11 is 1.64. The predicted octanol–water partition coefficient (Wildman–Crippen LogP) is 3.92. The van der Waals surface area contributed by atoms with E-state index in [9.17, 15) is 4.79 Å². The van der Waals surface area contributed by atoms with E-state index in [1.54, 1.807) is 17.4 Å². The first-order valence-electron chi connectivity index (χ1n) is 5.40. The summed E-state index contributed by atoms with van der Waals surface area (Å²) in [7, 11) is 0. The third-order valence-corrected chi connectivity index (χ3v) is 4.19. The Morgan fingerprint density at radius 1 is 1.24 bits per heavy atom. The van der Waals surface area contributed by atoms with Gasteiger partial charge >= 0.3 is 5.97 Å². The molecule has 0 fully saturated rings. The SMILES string of the molecule is Cc1cc2sc(/C=C/C(=O)O)c(C)c2cc1C. The van der Waals surface area contributed by atoms with Gasteiger partial charge in [-0.25, -0.2) is 4.79 Å². The lowest BCUT2D eigenvalue weighted by molar-refractivity contribution is -0.131. The Hall–Kier alpha value is -1.61. The van der Waals surface area contributed by atoms with Crippen LogP contribution in [0.2, 0.25) is 0 Å². The number of carboxylic acids is 1. The zero-order chi connectivity index (χ0) is 12.6. The summed E-state index contributed by atoms with van der Waals surface area (Å²) in [6.45, 7) is 6.23. The number of hydrogen-bond acceptors (Lipinski definition) is 2. The number of hydrogen-bond donors (Lipinski definition) is 1. The van der Waals surface area contributed by atoms with Crippen molar-refractivity contribution in [3.05, 3.63) is 39.8 Å². The average Bonchev–Trinajstić information content (AvgIpc) is 2.54. The molecule has 0 aliphatic carbocycles. The molecular formula is C14H14O2S. The van der Waals surface area contributed by atoms with Gasteiger partial charge in [0.1, 0.15) is 0 Å². The molecule has 0 aliphatic rings. The molecule has 17 heavy (non-hydrogen) atoms. The Bertz CT molecular complexity index is 621. The average molecular weight is 246 g/mol. The highest BCUT2D eigenvalue weighted by Gasteiger charge is 2.07. The molecule has 1 aromatic heterocycles. The number of aliphatic carboxylic acids is 1. The van der Waals surface area contributed by atoms with E-state index < -0.39 is 5.97 Å². The molecule has 1 aromatic carbocycles. The maximum Gasteiger partial charge on any atom is 0.328 e. The number of carbonyl (C=O) groups is 1. The van der Waals surface area contributed by atoms with Gasteiger partial charge in [0.05, 0.1) is 0 Å². The minimum absolute atomic E-state index is 0.908. The first kappa shape index (κ1) is 11.9. The van der Waals surface area contributed by atoms with Crippen LogP contribution in [0, 0.1) is 20.8 Å². The molecule has 1 heterocycles. The molecule has 0 radical (unpaired) electrons. The van der Waals surface area contributed by atoms with Gasteiger partial charge in [0.2, 0.25) is 0 Å². The van der Waals surface area contributed by atoms with E-state index in [1.165, 1.54) is 27.3 Å². The summed E-state index contributed by atoms with van der Waals surface area (Å²) in [6.07, 6.45) is 2.87. The molecule has 0 bridgehead atoms. The van der Waals surface area contributed by atoms with Crippen LogP contribution in [0.1, 0.15) is 21.6 Å². The summed E-state index contributed by atoms with van der Waals surface area (Å²) in [5, 5.41) is 9.87. The molecule has 3 heteroatoms. The van der Waals surface area contributed by atoms with Gasteiger partial charge in [0.25, 0.3) is 0 Å². The largest absolute Gasteiger partial charge is 0.478 e. The number of rotatable bonds is 2. The fourth-order valence-electron chi connectivity index (χ4n) is 1.80. The van der Waals surface area contributed by atoms with Crippen LogP contribution < -0.4 is 0 Å². The van der Waals surface area contributed by atoms with Crippen molar-refractivity contribution in [2.45, 2.75) is 20.8 Å². The quantitative estimate of drug-likeness (QED) is 0.815. The number of thiophene rings is 1. The van der Waals surface area contributed by atoms with Crippen molar-refractivity contribution in [3.63, 3.8) is 0 Å². The first-order valence-corrected chi connectivity index (χ1v) is 6.22. The highest BCUT2D eigenvalue weighted by molar-refractivity contribution is 7.20. The molecule has 0 spiro atoms. The van der Waals surface area contributed by atoms with Crippen molar-refractivity contribution in [2.75, 3.05) is 0 Å². The molecule has 2 rings (SSSR count). The maximum absolute atomic E-state index is 10.5. The lowest BCUT2D eigenvalue weighted by Gasteiger charge is -1.99. The smallest absolute Gasteiger partial charge is 0.328 e. The molecular weight excluding hydrogens is 232 g/mol. The van der Waals surface area contributed by atoms with E-state index in [0.29, 0.717) is 0 Å². The molecule has 2 aromatic rings. The number of benzene rings is 1. The molecule has 0 aliphatic heterocycles. The Labute approximate surface area is 104 Å². The monoisotopic (exact) mass is 246 g/mol. The standard InChI is InChI=1S/C14H14O2S/c1-8-6-11-10(3)12(4-5-14(15)16)17-13(11)7-9(8)2/h4-7H,1-3H3,(H,15,16)/b5-4+. The van der Waals surface area contributed by atoms with Gasteiger partial charge in [-0.15, -0.1) is 11.3 Å². The van der Waals surface area contributed by atoms with E-state index in [0.717, 1.165) is 10.4 Å². The van der Waals surface area contributed by atoms with Crippen LogP contribution in [0.5, 0.6) is 0 Å². The Morgan fingerprint density at radius 2 is 1.88 bits per heavy atom. The van der Waals surface area contributed by atoms with Crippen LogP contribution in [-0.4, -0.2) is 11.1 Å².